The number of pyridine rings is 1. The molecule has 1 atom stereocenters. The van der Waals surface area contributed by atoms with Gasteiger partial charge in [0.25, 0.3) is 5.91 Å². The first-order valence-corrected chi connectivity index (χ1v) is 9.13. The summed E-state index contributed by atoms with van der Waals surface area (Å²) in [5.41, 5.74) is 3.47. The molecule has 2 N–H and O–H groups in total. The second kappa shape index (κ2) is 7.63. The van der Waals surface area contributed by atoms with Crippen LogP contribution in [0.5, 0.6) is 5.75 Å². The van der Waals surface area contributed by atoms with Gasteiger partial charge in [0, 0.05) is 30.2 Å². The van der Waals surface area contributed by atoms with Crippen molar-refractivity contribution in [3.63, 3.8) is 0 Å². The predicted octanol–water partition coefficient (Wildman–Crippen LogP) is 3.82. The van der Waals surface area contributed by atoms with Crippen molar-refractivity contribution in [2.75, 3.05) is 22.6 Å². The van der Waals surface area contributed by atoms with E-state index in [1.165, 1.54) is 6.92 Å². The number of methoxy groups -OCH3 is 1. The lowest BCUT2D eigenvalue weighted by Gasteiger charge is -2.26. The van der Waals surface area contributed by atoms with Crippen molar-refractivity contribution in [1.82, 2.24) is 4.98 Å². The molecule has 1 aliphatic heterocycles. The molecule has 0 saturated heterocycles. The Hall–Kier alpha value is -3.87. The number of nitrogens with one attached hydrogen (secondary N) is 2. The molecular formula is C22H20N4O3. The van der Waals surface area contributed by atoms with E-state index in [0.717, 1.165) is 11.4 Å². The van der Waals surface area contributed by atoms with Gasteiger partial charge in [-0.15, -0.1) is 0 Å². The SMILES string of the molecule is COc1ccc(N2C(=O)c3cccnc3[C@@H]2Nc2ccc(NC(C)=O)cc2)cc1. The van der Waals surface area contributed by atoms with Gasteiger partial charge in [0.1, 0.15) is 5.75 Å². The van der Waals surface area contributed by atoms with Crippen LogP contribution in [0, 0.1) is 0 Å². The minimum atomic E-state index is -0.460. The van der Waals surface area contributed by atoms with E-state index in [0.29, 0.717) is 22.7 Å². The number of rotatable bonds is 5. The molecular weight excluding hydrogens is 368 g/mol. The molecule has 2 amide bonds. The Morgan fingerprint density at radius 1 is 1.03 bits per heavy atom. The maximum atomic E-state index is 13.1. The highest BCUT2D eigenvalue weighted by Gasteiger charge is 2.39. The van der Waals surface area contributed by atoms with Crippen molar-refractivity contribution < 1.29 is 14.3 Å². The number of ether oxygens (including phenoxy) is 1. The number of benzene rings is 2. The van der Waals surface area contributed by atoms with Crippen molar-refractivity contribution in [3.05, 3.63) is 78.1 Å². The molecule has 29 heavy (non-hydrogen) atoms. The standard InChI is InChI=1S/C22H20N4O3/c1-14(27)24-15-5-7-16(8-6-15)25-21-20-19(4-3-13-23-20)22(28)26(21)17-9-11-18(29-2)12-10-17/h3-13,21,25H,1-2H3,(H,24,27)/t21-/m1/s1. The van der Waals surface area contributed by atoms with Crippen molar-refractivity contribution in [1.29, 1.82) is 0 Å². The third-order valence-corrected chi connectivity index (χ3v) is 4.66. The van der Waals surface area contributed by atoms with Gasteiger partial charge in [-0.3, -0.25) is 19.5 Å². The van der Waals surface area contributed by atoms with Crippen LogP contribution in [0.4, 0.5) is 17.1 Å². The third-order valence-electron chi connectivity index (χ3n) is 4.66. The number of anilines is 3. The zero-order valence-corrected chi connectivity index (χ0v) is 16.0. The molecule has 0 aliphatic carbocycles. The van der Waals surface area contributed by atoms with Crippen LogP contribution in [0.3, 0.4) is 0 Å². The zero-order chi connectivity index (χ0) is 20.4. The molecule has 146 valence electrons. The number of hydrogen-bond acceptors (Lipinski definition) is 5. The average molecular weight is 388 g/mol. The summed E-state index contributed by atoms with van der Waals surface area (Å²) in [5.74, 6) is 0.468. The highest BCUT2D eigenvalue weighted by molar-refractivity contribution is 6.11. The average Bonchev–Trinajstić information content (AvgIpc) is 3.01. The second-order valence-corrected chi connectivity index (χ2v) is 6.61. The van der Waals surface area contributed by atoms with E-state index in [4.69, 9.17) is 4.74 Å². The monoisotopic (exact) mass is 388 g/mol. The lowest BCUT2D eigenvalue weighted by molar-refractivity contribution is -0.114. The van der Waals surface area contributed by atoms with Crippen molar-refractivity contribution >= 4 is 28.9 Å². The quantitative estimate of drug-likeness (QED) is 0.694. The fourth-order valence-electron chi connectivity index (χ4n) is 3.34. The van der Waals surface area contributed by atoms with Crippen LogP contribution in [-0.4, -0.2) is 23.9 Å². The van der Waals surface area contributed by atoms with Crippen LogP contribution in [0.25, 0.3) is 0 Å². The number of hydrogen-bond donors (Lipinski definition) is 2. The maximum absolute atomic E-state index is 13.1. The number of amides is 2. The number of nitrogens with zero attached hydrogens (tertiary/aromatic N) is 2. The van der Waals surface area contributed by atoms with E-state index in [1.807, 2.05) is 36.4 Å². The van der Waals surface area contributed by atoms with Gasteiger partial charge in [-0.2, -0.15) is 0 Å². The van der Waals surface area contributed by atoms with Gasteiger partial charge in [-0.1, -0.05) is 0 Å². The van der Waals surface area contributed by atoms with Crippen LogP contribution < -0.4 is 20.3 Å². The van der Waals surface area contributed by atoms with E-state index in [1.54, 1.807) is 42.5 Å². The van der Waals surface area contributed by atoms with Crippen molar-refractivity contribution in [3.8, 4) is 5.75 Å². The van der Waals surface area contributed by atoms with Crippen molar-refractivity contribution in [2.45, 2.75) is 13.1 Å². The molecule has 0 saturated carbocycles. The molecule has 4 rings (SSSR count). The van der Waals surface area contributed by atoms with Gasteiger partial charge >= 0.3 is 0 Å². The molecule has 1 aliphatic rings. The maximum Gasteiger partial charge on any atom is 0.262 e. The minimum Gasteiger partial charge on any atom is -0.497 e. The van der Waals surface area contributed by atoms with Gasteiger partial charge in [0.05, 0.1) is 18.4 Å². The molecule has 7 nitrogen and oxygen atoms in total. The van der Waals surface area contributed by atoms with E-state index in [9.17, 15) is 9.59 Å². The van der Waals surface area contributed by atoms with E-state index in [2.05, 4.69) is 15.6 Å². The van der Waals surface area contributed by atoms with Crippen molar-refractivity contribution in [2.24, 2.45) is 0 Å². The molecule has 1 aromatic heterocycles. The summed E-state index contributed by atoms with van der Waals surface area (Å²) in [6, 6.07) is 18.2. The van der Waals surface area contributed by atoms with Crippen LogP contribution in [-0.2, 0) is 4.79 Å². The Labute approximate surface area is 168 Å². The van der Waals surface area contributed by atoms with Crippen LogP contribution >= 0.6 is 0 Å². The van der Waals surface area contributed by atoms with E-state index >= 15 is 0 Å². The van der Waals surface area contributed by atoms with Gasteiger partial charge in [0.15, 0.2) is 6.17 Å². The Bertz CT molecular complexity index is 1050. The minimum absolute atomic E-state index is 0.120. The molecule has 0 fully saturated rings. The second-order valence-electron chi connectivity index (χ2n) is 6.61. The topological polar surface area (TPSA) is 83.6 Å². The summed E-state index contributed by atoms with van der Waals surface area (Å²) < 4.78 is 5.22. The van der Waals surface area contributed by atoms with Gasteiger partial charge < -0.3 is 15.4 Å². The molecule has 2 aromatic carbocycles. The Kier molecular flexibility index (Phi) is 4.87. The zero-order valence-electron chi connectivity index (χ0n) is 16.0. The van der Waals surface area contributed by atoms with Crippen LogP contribution in [0.2, 0.25) is 0 Å². The summed E-state index contributed by atoms with van der Waals surface area (Å²) in [4.78, 5) is 30.4. The molecule has 3 aromatic rings. The lowest BCUT2D eigenvalue weighted by Crippen LogP contribution is -2.32. The number of aromatic nitrogens is 1. The Balaban J connectivity index is 1.67. The first kappa shape index (κ1) is 18.5. The summed E-state index contributed by atoms with van der Waals surface area (Å²) in [6.45, 7) is 1.46. The smallest absolute Gasteiger partial charge is 0.262 e. The predicted molar refractivity (Wildman–Crippen MR) is 111 cm³/mol. The molecule has 7 heteroatoms. The summed E-state index contributed by atoms with van der Waals surface area (Å²) in [7, 11) is 1.60. The summed E-state index contributed by atoms with van der Waals surface area (Å²) in [5, 5.41) is 6.12. The van der Waals surface area contributed by atoms with Gasteiger partial charge in [-0.25, -0.2) is 0 Å². The number of fused-ring (bicyclic) bond motifs is 1. The van der Waals surface area contributed by atoms with Crippen LogP contribution in [0.1, 0.15) is 29.1 Å². The number of carbonyl (C=O) groups excluding carboxylic acids is 2. The molecule has 0 unspecified atom stereocenters. The largest absolute Gasteiger partial charge is 0.497 e. The first-order chi connectivity index (χ1) is 14.1. The third kappa shape index (κ3) is 3.62. The Morgan fingerprint density at radius 3 is 2.38 bits per heavy atom. The molecule has 0 spiro atoms. The fraction of sp³-hybridized carbons (Fsp3) is 0.136. The fourth-order valence-corrected chi connectivity index (χ4v) is 3.34. The molecule has 2 heterocycles. The normalized spacial score (nSPS) is 15.0. The van der Waals surface area contributed by atoms with Gasteiger partial charge in [0.2, 0.25) is 5.91 Å². The Morgan fingerprint density at radius 2 is 1.72 bits per heavy atom. The summed E-state index contributed by atoms with van der Waals surface area (Å²) >= 11 is 0. The van der Waals surface area contributed by atoms with E-state index in [-0.39, 0.29) is 11.8 Å². The lowest BCUT2D eigenvalue weighted by atomic mass is 10.2. The highest BCUT2D eigenvalue weighted by atomic mass is 16.5. The molecule has 0 bridgehead atoms. The molecule has 0 radical (unpaired) electrons. The van der Waals surface area contributed by atoms with Gasteiger partial charge in [-0.05, 0) is 60.7 Å². The van der Waals surface area contributed by atoms with Crippen LogP contribution in [0.15, 0.2) is 66.9 Å². The van der Waals surface area contributed by atoms with E-state index < -0.39 is 6.17 Å². The highest BCUT2D eigenvalue weighted by Crippen LogP contribution is 2.37. The first-order valence-electron chi connectivity index (χ1n) is 9.13. The number of carbonyl (C=O) groups is 2. The summed E-state index contributed by atoms with van der Waals surface area (Å²) in [6.07, 6.45) is 1.22.